The highest BCUT2D eigenvalue weighted by atomic mass is 32.2. The van der Waals surface area contributed by atoms with Crippen molar-refractivity contribution in [3.8, 4) is 5.75 Å². The molecule has 0 unspecified atom stereocenters. The van der Waals surface area contributed by atoms with Crippen LogP contribution in [0.15, 0.2) is 79.7 Å². The van der Waals surface area contributed by atoms with E-state index in [0.29, 0.717) is 16.6 Å². The molecule has 1 saturated carbocycles. The molecule has 1 saturated heterocycles. The molecule has 16 nitrogen and oxygen atoms in total. The average Bonchev–Trinajstić information content (AvgIpc) is 3.24. The van der Waals surface area contributed by atoms with Crippen molar-refractivity contribution >= 4 is 38.3 Å². The maximum absolute atomic E-state index is 13.3. The molecule has 2 fully saturated rings. The number of nitrogens with zero attached hydrogens (tertiary/aromatic N) is 4. The summed E-state index contributed by atoms with van der Waals surface area (Å²) in [5, 5.41) is 43.2. The SMILES string of the molecule is C[C@@]1(O)[C@H](O)[C@@H](CO)O[C@H]1n1ccc(N)nc1=O.O=c1c(C2=NS(=O)(=O)c3ccccc3N2)c(O)c2ccccc2n1NC1CCC1. The van der Waals surface area contributed by atoms with Crippen LogP contribution in [-0.4, -0.2) is 79.4 Å². The second-order valence-electron chi connectivity index (χ2n) is 11.6. The number of aromatic hydroxyl groups is 1. The Balaban J connectivity index is 0.000000185. The van der Waals surface area contributed by atoms with Crippen LogP contribution in [0.25, 0.3) is 10.9 Å². The molecule has 17 heteroatoms. The molecule has 2 aromatic carbocycles. The number of nitrogen functional groups attached to an aromatic ring is 1. The number of hydrogen-bond donors (Lipinski definition) is 7. The second kappa shape index (κ2) is 12.1. The molecule has 0 radical (unpaired) electrons. The Labute approximate surface area is 267 Å². The van der Waals surface area contributed by atoms with Gasteiger partial charge in [0.2, 0.25) is 0 Å². The van der Waals surface area contributed by atoms with Crippen molar-refractivity contribution in [2.24, 2.45) is 4.40 Å². The highest BCUT2D eigenvalue weighted by molar-refractivity contribution is 7.90. The third kappa shape index (κ3) is 5.72. The van der Waals surface area contributed by atoms with Crippen LogP contribution in [0.5, 0.6) is 5.75 Å². The van der Waals surface area contributed by atoms with Crippen molar-refractivity contribution in [1.29, 1.82) is 0 Å². The number of sulfonamides is 1. The van der Waals surface area contributed by atoms with Crippen LogP contribution >= 0.6 is 0 Å². The van der Waals surface area contributed by atoms with Crippen LogP contribution < -0.4 is 27.7 Å². The summed E-state index contributed by atoms with van der Waals surface area (Å²) >= 11 is 0. The number of amidine groups is 1. The monoisotopic (exact) mass is 667 g/mol. The summed E-state index contributed by atoms with van der Waals surface area (Å²) in [7, 11) is -4.01. The molecule has 2 aromatic heterocycles. The number of pyridine rings is 1. The lowest BCUT2D eigenvalue weighted by Crippen LogP contribution is -2.46. The van der Waals surface area contributed by atoms with Gasteiger partial charge in [-0.15, -0.1) is 4.40 Å². The van der Waals surface area contributed by atoms with Crippen LogP contribution in [0.3, 0.4) is 0 Å². The summed E-state index contributed by atoms with van der Waals surface area (Å²) < 4.78 is 36.7. The lowest BCUT2D eigenvalue weighted by Gasteiger charge is -2.29. The molecule has 248 valence electrons. The number of anilines is 2. The van der Waals surface area contributed by atoms with Crippen LogP contribution in [0.4, 0.5) is 11.5 Å². The topological polar surface area (TPSA) is 244 Å². The van der Waals surface area contributed by atoms with Crippen molar-refractivity contribution < 1.29 is 33.6 Å². The molecule has 3 aliphatic rings. The first-order valence-corrected chi connectivity index (χ1v) is 16.1. The van der Waals surface area contributed by atoms with E-state index in [0.717, 1.165) is 23.8 Å². The van der Waals surface area contributed by atoms with Gasteiger partial charge in [0.15, 0.2) is 12.1 Å². The summed E-state index contributed by atoms with van der Waals surface area (Å²) in [4.78, 5) is 28.5. The molecular formula is C30H33N7O9S. The van der Waals surface area contributed by atoms with E-state index < -0.39 is 51.9 Å². The molecule has 1 aliphatic carbocycles. The van der Waals surface area contributed by atoms with Gasteiger partial charge in [0, 0.05) is 17.6 Å². The van der Waals surface area contributed by atoms with Crippen molar-refractivity contribution in [2.45, 2.75) is 61.2 Å². The van der Waals surface area contributed by atoms with Gasteiger partial charge in [-0.05, 0) is 56.5 Å². The number of nitrogens with two attached hydrogens (primary N) is 1. The van der Waals surface area contributed by atoms with Gasteiger partial charge in [-0.3, -0.25) is 9.36 Å². The fourth-order valence-corrected chi connectivity index (χ4v) is 6.73. The van der Waals surface area contributed by atoms with E-state index in [1.165, 1.54) is 29.9 Å². The van der Waals surface area contributed by atoms with E-state index in [2.05, 4.69) is 20.1 Å². The number of hydrogen-bond acceptors (Lipinski definition) is 13. The minimum atomic E-state index is -4.01. The number of nitrogens with one attached hydrogen (secondary N) is 2. The van der Waals surface area contributed by atoms with E-state index in [9.17, 15) is 33.3 Å². The maximum Gasteiger partial charge on any atom is 0.351 e. The smallest absolute Gasteiger partial charge is 0.351 e. The first-order chi connectivity index (χ1) is 22.3. The molecule has 0 spiro atoms. The first kappa shape index (κ1) is 32.1. The summed E-state index contributed by atoms with van der Waals surface area (Å²) in [5.41, 5.74) is 6.22. The van der Waals surface area contributed by atoms with E-state index in [1.807, 2.05) is 0 Å². The van der Waals surface area contributed by atoms with Gasteiger partial charge in [-0.25, -0.2) is 9.47 Å². The molecule has 8 N–H and O–H groups in total. The Morgan fingerprint density at radius 1 is 1.13 bits per heavy atom. The van der Waals surface area contributed by atoms with Crippen LogP contribution in [0.2, 0.25) is 0 Å². The highest BCUT2D eigenvalue weighted by Gasteiger charge is 2.53. The largest absolute Gasteiger partial charge is 0.506 e. The lowest BCUT2D eigenvalue weighted by atomic mass is 9.94. The third-order valence-electron chi connectivity index (χ3n) is 8.38. The number of aliphatic hydroxyl groups excluding tert-OH is 2. The second-order valence-corrected chi connectivity index (χ2v) is 13.2. The van der Waals surface area contributed by atoms with Gasteiger partial charge in [0.05, 0.1) is 17.8 Å². The molecule has 2 aliphatic heterocycles. The molecule has 4 heterocycles. The van der Waals surface area contributed by atoms with Gasteiger partial charge < -0.3 is 41.6 Å². The lowest BCUT2D eigenvalue weighted by molar-refractivity contribution is -0.0986. The summed E-state index contributed by atoms with van der Waals surface area (Å²) in [6.07, 6.45) is 0.877. The van der Waals surface area contributed by atoms with Gasteiger partial charge in [-0.2, -0.15) is 13.4 Å². The van der Waals surface area contributed by atoms with E-state index in [1.54, 1.807) is 42.5 Å². The van der Waals surface area contributed by atoms with Crippen molar-refractivity contribution in [3.63, 3.8) is 0 Å². The Hall–Kier alpha value is -4.81. The fourth-order valence-electron chi connectivity index (χ4n) is 5.60. The minimum absolute atomic E-state index is 0.0250. The number of aliphatic hydroxyl groups is 3. The summed E-state index contributed by atoms with van der Waals surface area (Å²) in [5.74, 6) is -0.452. The van der Waals surface area contributed by atoms with E-state index >= 15 is 0 Å². The van der Waals surface area contributed by atoms with Gasteiger partial charge >= 0.3 is 5.69 Å². The zero-order valence-corrected chi connectivity index (χ0v) is 25.8. The highest BCUT2D eigenvalue weighted by Crippen LogP contribution is 2.37. The van der Waals surface area contributed by atoms with Crippen molar-refractivity contribution in [3.05, 3.63) is 87.2 Å². The quantitative estimate of drug-likeness (QED) is 0.151. The first-order valence-electron chi connectivity index (χ1n) is 14.7. The Morgan fingerprint density at radius 2 is 1.83 bits per heavy atom. The predicted molar refractivity (Wildman–Crippen MR) is 171 cm³/mol. The molecule has 7 rings (SSSR count). The molecule has 0 amide bonds. The van der Waals surface area contributed by atoms with Crippen LogP contribution in [-0.2, 0) is 14.8 Å². The van der Waals surface area contributed by atoms with Crippen LogP contribution in [0.1, 0.15) is 38.0 Å². The third-order valence-corrected chi connectivity index (χ3v) is 9.71. The van der Waals surface area contributed by atoms with Gasteiger partial charge in [0.25, 0.3) is 15.6 Å². The Morgan fingerprint density at radius 3 is 2.49 bits per heavy atom. The number of benzene rings is 2. The zero-order chi connectivity index (χ0) is 33.7. The van der Waals surface area contributed by atoms with Crippen LogP contribution in [0, 0.1) is 0 Å². The van der Waals surface area contributed by atoms with Gasteiger partial charge in [-0.1, -0.05) is 24.3 Å². The normalized spacial score (nSPS) is 24.7. The Kier molecular flexibility index (Phi) is 8.27. The van der Waals surface area contributed by atoms with Crippen molar-refractivity contribution in [2.75, 3.05) is 23.1 Å². The van der Waals surface area contributed by atoms with E-state index in [4.69, 9.17) is 15.6 Å². The summed E-state index contributed by atoms with van der Waals surface area (Å²) in [6.45, 7) is 0.853. The molecule has 47 heavy (non-hydrogen) atoms. The Bertz CT molecular complexity index is 2110. The average molecular weight is 668 g/mol. The number of para-hydroxylation sites is 2. The van der Waals surface area contributed by atoms with E-state index in [-0.39, 0.29) is 33.9 Å². The number of rotatable bonds is 5. The summed E-state index contributed by atoms with van der Waals surface area (Å²) in [6, 6.07) is 14.8. The zero-order valence-electron chi connectivity index (χ0n) is 25.0. The number of fused-ring (bicyclic) bond motifs is 2. The van der Waals surface area contributed by atoms with Crippen molar-refractivity contribution in [1.82, 2.24) is 14.2 Å². The number of ether oxygens (including phenoxy) is 1. The molecule has 0 bridgehead atoms. The fraction of sp³-hybridized carbons (Fsp3) is 0.333. The minimum Gasteiger partial charge on any atom is -0.506 e. The standard InChI is InChI=1S/C20H18N4O4S.C10H15N3O5/c25-18-13-8-1-3-10-15(13)24(22-12-6-5-7-12)20(26)17(18)19-21-14-9-2-4-11-16(14)29(27,28)23-19;1-10(17)7(15)5(4-14)18-8(10)13-3-2-6(11)12-9(13)16/h1-4,8-12,22,25H,5-7H2,(H,21,23);2-3,5,7-8,14-15,17H,4H2,1H3,(H2,11,12,16)/t;5-,7-,8-,10-/m.1/s1. The maximum atomic E-state index is 13.3. The molecular weight excluding hydrogens is 634 g/mol. The molecule has 4 aromatic rings. The van der Waals surface area contributed by atoms with Gasteiger partial charge in [0.1, 0.15) is 39.8 Å². The predicted octanol–water partition coefficient (Wildman–Crippen LogP) is 0.191. The molecule has 4 atom stereocenters. The number of aromatic nitrogens is 3.